The van der Waals surface area contributed by atoms with Gasteiger partial charge in [0.2, 0.25) is 0 Å². The number of fused-ring (bicyclic) bond motifs is 1. The number of halogens is 1. The molecule has 3 aromatic rings. The van der Waals surface area contributed by atoms with Gasteiger partial charge in [0.15, 0.2) is 11.4 Å². The second-order valence-electron chi connectivity index (χ2n) is 7.37. The first-order valence-electron chi connectivity index (χ1n) is 10.5. The molecule has 2 heterocycles. The molecule has 0 unspecified atom stereocenters. The molecule has 0 bridgehead atoms. The van der Waals surface area contributed by atoms with Crippen LogP contribution < -0.4 is 19.6 Å². The maximum Gasteiger partial charge on any atom is 0.338 e. The topological polar surface area (TPSA) is 93.7 Å². The standard InChI is InChI=1S/C25H20FN3O4S/c1-3-32-24(31)21-15(2)28-25-29(22(21)17-7-9-18(26)10-8-17)23(30)20(34-25)14-16-5-4-6-19(13-16)33-12-11-27/h4-10,13-14,22H,3,12H2,1-2H3/b20-14-/t22-/m0/s1. The molecule has 1 atom stereocenters. The van der Waals surface area contributed by atoms with Crippen molar-refractivity contribution < 1.29 is 18.7 Å². The van der Waals surface area contributed by atoms with Crippen molar-refractivity contribution in [3.8, 4) is 11.8 Å². The highest BCUT2D eigenvalue weighted by Crippen LogP contribution is 2.30. The molecule has 0 fully saturated rings. The first-order valence-corrected chi connectivity index (χ1v) is 11.3. The molecular weight excluding hydrogens is 457 g/mol. The van der Waals surface area contributed by atoms with Crippen LogP contribution in [0.15, 0.2) is 69.6 Å². The lowest BCUT2D eigenvalue weighted by molar-refractivity contribution is -0.139. The van der Waals surface area contributed by atoms with Crippen molar-refractivity contribution in [3.63, 3.8) is 0 Å². The number of rotatable bonds is 6. The minimum atomic E-state index is -0.802. The van der Waals surface area contributed by atoms with E-state index < -0.39 is 17.8 Å². The minimum absolute atomic E-state index is 0.0841. The molecule has 34 heavy (non-hydrogen) atoms. The van der Waals surface area contributed by atoms with Gasteiger partial charge in [-0.25, -0.2) is 14.2 Å². The molecule has 172 valence electrons. The third kappa shape index (κ3) is 4.54. The molecule has 0 radical (unpaired) electrons. The Morgan fingerprint density at radius 1 is 1.29 bits per heavy atom. The smallest absolute Gasteiger partial charge is 0.338 e. The van der Waals surface area contributed by atoms with Crippen LogP contribution in [0.3, 0.4) is 0 Å². The fourth-order valence-corrected chi connectivity index (χ4v) is 4.76. The van der Waals surface area contributed by atoms with Crippen molar-refractivity contribution in [1.82, 2.24) is 4.57 Å². The van der Waals surface area contributed by atoms with Crippen LogP contribution in [-0.4, -0.2) is 23.8 Å². The molecule has 1 aromatic heterocycles. The molecular formula is C25H20FN3O4S. The summed E-state index contributed by atoms with van der Waals surface area (Å²) in [5.41, 5.74) is 1.61. The first kappa shape index (κ1) is 23.1. The lowest BCUT2D eigenvalue weighted by Gasteiger charge is -2.24. The summed E-state index contributed by atoms with van der Waals surface area (Å²) in [5.74, 6) is -0.490. The number of thiazole rings is 1. The van der Waals surface area contributed by atoms with Gasteiger partial charge < -0.3 is 9.47 Å². The summed E-state index contributed by atoms with van der Waals surface area (Å²) in [6.07, 6.45) is 1.70. The Bertz CT molecular complexity index is 1500. The lowest BCUT2D eigenvalue weighted by atomic mass is 9.96. The highest BCUT2D eigenvalue weighted by molar-refractivity contribution is 7.07. The summed E-state index contributed by atoms with van der Waals surface area (Å²) < 4.78 is 26.0. The Labute approximate surface area is 198 Å². The zero-order valence-corrected chi connectivity index (χ0v) is 19.3. The van der Waals surface area contributed by atoms with Crippen molar-refractivity contribution in [3.05, 3.63) is 96.4 Å². The fourth-order valence-electron chi connectivity index (χ4n) is 3.71. The zero-order valence-electron chi connectivity index (χ0n) is 18.4. The number of carbonyl (C=O) groups excluding carboxylic acids is 1. The van der Waals surface area contributed by atoms with Crippen molar-refractivity contribution in [1.29, 1.82) is 5.26 Å². The predicted octanol–water partition coefficient (Wildman–Crippen LogP) is 2.84. The summed E-state index contributed by atoms with van der Waals surface area (Å²) in [6.45, 7) is 3.47. The van der Waals surface area contributed by atoms with Crippen molar-refractivity contribution in [2.75, 3.05) is 13.2 Å². The second kappa shape index (κ2) is 9.85. The van der Waals surface area contributed by atoms with Gasteiger partial charge in [0.25, 0.3) is 5.56 Å². The molecule has 1 aliphatic heterocycles. The summed E-state index contributed by atoms with van der Waals surface area (Å²) in [7, 11) is 0. The van der Waals surface area contributed by atoms with E-state index in [1.807, 2.05) is 12.1 Å². The highest BCUT2D eigenvalue weighted by atomic mass is 32.1. The van der Waals surface area contributed by atoms with Gasteiger partial charge in [-0.15, -0.1) is 0 Å². The summed E-state index contributed by atoms with van der Waals surface area (Å²) in [5, 5.41) is 8.72. The maximum atomic E-state index is 13.6. The van der Waals surface area contributed by atoms with E-state index in [-0.39, 0.29) is 24.3 Å². The van der Waals surface area contributed by atoms with E-state index in [9.17, 15) is 14.0 Å². The molecule has 0 aliphatic carbocycles. The quantitative estimate of drug-likeness (QED) is 0.509. The number of benzene rings is 2. The number of hydrogen-bond donors (Lipinski definition) is 0. The molecule has 0 amide bonds. The van der Waals surface area contributed by atoms with Gasteiger partial charge in [-0.3, -0.25) is 9.36 Å². The van der Waals surface area contributed by atoms with Crippen molar-refractivity contribution in [2.45, 2.75) is 19.9 Å². The van der Waals surface area contributed by atoms with Crippen LogP contribution in [0, 0.1) is 17.1 Å². The molecule has 4 rings (SSSR count). The lowest BCUT2D eigenvalue weighted by Crippen LogP contribution is -2.39. The van der Waals surface area contributed by atoms with Gasteiger partial charge >= 0.3 is 5.97 Å². The number of allylic oxidation sites excluding steroid dienone is 1. The van der Waals surface area contributed by atoms with Crippen LogP contribution in [0.2, 0.25) is 0 Å². The third-order valence-electron chi connectivity index (χ3n) is 5.16. The number of aromatic nitrogens is 1. The third-order valence-corrected chi connectivity index (χ3v) is 6.14. The van der Waals surface area contributed by atoms with E-state index in [4.69, 9.17) is 14.7 Å². The van der Waals surface area contributed by atoms with E-state index in [0.29, 0.717) is 31.9 Å². The van der Waals surface area contributed by atoms with Gasteiger partial charge in [0.05, 0.1) is 28.5 Å². The van der Waals surface area contributed by atoms with Gasteiger partial charge in [-0.2, -0.15) is 5.26 Å². The van der Waals surface area contributed by atoms with Crippen LogP contribution in [0.25, 0.3) is 6.08 Å². The number of carbonyl (C=O) groups is 1. The van der Waals surface area contributed by atoms with Crippen LogP contribution in [0.1, 0.15) is 31.0 Å². The van der Waals surface area contributed by atoms with E-state index in [0.717, 1.165) is 0 Å². The number of nitrogens with zero attached hydrogens (tertiary/aromatic N) is 3. The fraction of sp³-hybridized carbons (Fsp3) is 0.200. The average Bonchev–Trinajstić information content (AvgIpc) is 3.12. The number of hydrogen-bond acceptors (Lipinski definition) is 7. The van der Waals surface area contributed by atoms with Gasteiger partial charge in [-0.05, 0) is 55.3 Å². The number of nitriles is 1. The minimum Gasteiger partial charge on any atom is -0.479 e. The van der Waals surface area contributed by atoms with E-state index in [1.54, 1.807) is 50.3 Å². The van der Waals surface area contributed by atoms with Crippen LogP contribution in [-0.2, 0) is 9.53 Å². The van der Waals surface area contributed by atoms with E-state index >= 15 is 0 Å². The highest BCUT2D eigenvalue weighted by Gasteiger charge is 2.33. The van der Waals surface area contributed by atoms with Gasteiger partial charge in [0, 0.05) is 0 Å². The van der Waals surface area contributed by atoms with Crippen LogP contribution in [0.4, 0.5) is 4.39 Å². The monoisotopic (exact) mass is 477 g/mol. The Balaban J connectivity index is 1.88. The normalized spacial score (nSPS) is 15.4. The molecule has 1 aliphatic rings. The predicted molar refractivity (Wildman–Crippen MR) is 124 cm³/mol. The molecule has 0 spiro atoms. The summed E-state index contributed by atoms with van der Waals surface area (Å²) >= 11 is 1.19. The number of ether oxygens (including phenoxy) is 2. The maximum absolute atomic E-state index is 13.6. The summed E-state index contributed by atoms with van der Waals surface area (Å²) in [6, 6.07) is 13.8. The SMILES string of the molecule is CCOC(=O)C1=C(C)N=c2s/c(=C\c3cccc(OCC#N)c3)c(=O)n2[C@H]1c1ccc(F)cc1. The van der Waals surface area contributed by atoms with Crippen molar-refractivity contribution >= 4 is 23.4 Å². The average molecular weight is 478 g/mol. The van der Waals surface area contributed by atoms with E-state index in [2.05, 4.69) is 4.99 Å². The Hall–Kier alpha value is -4.03. The molecule has 0 saturated heterocycles. The van der Waals surface area contributed by atoms with Crippen LogP contribution >= 0.6 is 11.3 Å². The molecule has 9 heteroatoms. The van der Waals surface area contributed by atoms with Gasteiger partial charge in [-0.1, -0.05) is 35.6 Å². The zero-order chi connectivity index (χ0) is 24.2. The Morgan fingerprint density at radius 2 is 2.06 bits per heavy atom. The molecule has 2 aromatic carbocycles. The summed E-state index contributed by atoms with van der Waals surface area (Å²) in [4.78, 5) is 31.3. The van der Waals surface area contributed by atoms with Gasteiger partial charge in [0.1, 0.15) is 17.6 Å². The molecule has 0 N–H and O–H groups in total. The first-order chi connectivity index (χ1) is 16.4. The van der Waals surface area contributed by atoms with E-state index in [1.165, 1.54) is 28.0 Å². The van der Waals surface area contributed by atoms with Crippen molar-refractivity contribution in [2.24, 2.45) is 4.99 Å². The Kier molecular flexibility index (Phi) is 6.70. The van der Waals surface area contributed by atoms with Crippen LogP contribution in [0.5, 0.6) is 5.75 Å². The second-order valence-corrected chi connectivity index (χ2v) is 8.38. The molecule has 7 nitrogen and oxygen atoms in total. The number of esters is 1. The largest absolute Gasteiger partial charge is 0.479 e. The Morgan fingerprint density at radius 3 is 2.76 bits per heavy atom. The molecule has 0 saturated carbocycles.